The van der Waals surface area contributed by atoms with Gasteiger partial charge in [0.15, 0.2) is 0 Å². The molecular formula is C28H33F5O10. The second-order valence-electron chi connectivity index (χ2n) is 8.30. The van der Waals surface area contributed by atoms with E-state index in [1.807, 2.05) is 6.07 Å². The molecule has 2 aromatic rings. The minimum absolute atomic E-state index is 0.0751. The minimum Gasteiger partial charge on any atom is -0.460 e. The van der Waals surface area contributed by atoms with E-state index in [-0.39, 0.29) is 39.6 Å². The number of benzene rings is 2. The van der Waals surface area contributed by atoms with E-state index >= 15 is 0 Å². The van der Waals surface area contributed by atoms with Crippen LogP contribution in [0.25, 0.3) is 0 Å². The summed E-state index contributed by atoms with van der Waals surface area (Å²) >= 11 is 0. The highest BCUT2D eigenvalue weighted by molar-refractivity contribution is 5.89. The van der Waals surface area contributed by atoms with Gasteiger partial charge in [0.25, 0.3) is 0 Å². The van der Waals surface area contributed by atoms with Crippen LogP contribution in [0, 0.1) is 29.1 Å². The first kappa shape index (κ1) is 36.0. The predicted molar refractivity (Wildman–Crippen MR) is 138 cm³/mol. The second-order valence-corrected chi connectivity index (χ2v) is 8.30. The van der Waals surface area contributed by atoms with Gasteiger partial charge in [0.1, 0.15) is 6.61 Å². The Morgan fingerprint density at radius 1 is 0.488 bits per heavy atom. The van der Waals surface area contributed by atoms with E-state index in [0.717, 1.165) is 0 Å². The summed E-state index contributed by atoms with van der Waals surface area (Å²) in [6.45, 7) is 3.17. The molecule has 0 saturated heterocycles. The number of rotatable bonds is 23. The number of ether oxygens (including phenoxy) is 8. The van der Waals surface area contributed by atoms with Crippen LogP contribution in [0.15, 0.2) is 30.3 Å². The van der Waals surface area contributed by atoms with Crippen molar-refractivity contribution in [2.75, 3.05) is 85.9 Å². The van der Waals surface area contributed by atoms with Crippen molar-refractivity contribution in [2.45, 2.75) is 6.42 Å². The lowest BCUT2D eigenvalue weighted by atomic mass is 10.2. The molecule has 2 rings (SSSR count). The highest BCUT2D eigenvalue weighted by Crippen LogP contribution is 2.29. The van der Waals surface area contributed by atoms with E-state index in [2.05, 4.69) is 4.74 Å². The van der Waals surface area contributed by atoms with Gasteiger partial charge < -0.3 is 37.9 Å². The minimum atomic E-state index is -2.35. The summed E-state index contributed by atoms with van der Waals surface area (Å²) in [5.41, 5.74) is 0.486. The third-order valence-corrected chi connectivity index (χ3v) is 5.17. The smallest absolute Gasteiger partial charge is 0.338 e. The first-order valence-electron chi connectivity index (χ1n) is 13.2. The van der Waals surface area contributed by atoms with Crippen molar-refractivity contribution in [3.8, 4) is 5.75 Å². The molecule has 2 aromatic carbocycles. The van der Waals surface area contributed by atoms with Crippen LogP contribution < -0.4 is 4.74 Å². The zero-order valence-corrected chi connectivity index (χ0v) is 23.3. The molecule has 240 valence electrons. The molecule has 0 radical (unpaired) electrons. The fraction of sp³-hybridized carbons (Fsp3) is 0.500. The third kappa shape index (κ3) is 14.2. The summed E-state index contributed by atoms with van der Waals surface area (Å²) in [5.74, 6) is -14.6. The van der Waals surface area contributed by atoms with Crippen molar-refractivity contribution >= 4 is 11.9 Å². The zero-order chi connectivity index (χ0) is 31.3. The van der Waals surface area contributed by atoms with Crippen LogP contribution in [0.2, 0.25) is 0 Å². The Kier molecular flexibility index (Phi) is 18.0. The maximum absolute atomic E-state index is 13.5. The molecule has 0 amide bonds. The van der Waals surface area contributed by atoms with E-state index in [1.54, 1.807) is 24.3 Å². The van der Waals surface area contributed by atoms with Crippen molar-refractivity contribution in [3.05, 3.63) is 65.0 Å². The highest BCUT2D eigenvalue weighted by atomic mass is 19.2. The van der Waals surface area contributed by atoms with Crippen LogP contribution in [0.4, 0.5) is 22.0 Å². The largest absolute Gasteiger partial charge is 0.460 e. The lowest BCUT2D eigenvalue weighted by Gasteiger charge is -2.09. The van der Waals surface area contributed by atoms with Gasteiger partial charge in [-0.2, -0.15) is 8.78 Å². The van der Waals surface area contributed by atoms with Gasteiger partial charge in [-0.05, 0) is 12.1 Å². The van der Waals surface area contributed by atoms with E-state index in [0.29, 0.717) is 51.8 Å². The molecule has 0 spiro atoms. The van der Waals surface area contributed by atoms with E-state index in [1.165, 1.54) is 0 Å². The highest BCUT2D eigenvalue weighted by Gasteiger charge is 2.28. The summed E-state index contributed by atoms with van der Waals surface area (Å²) in [4.78, 5) is 23.4. The average Bonchev–Trinajstić information content (AvgIpc) is 3.02. The Labute approximate surface area is 244 Å². The predicted octanol–water partition coefficient (Wildman–Crippen LogP) is 3.63. The van der Waals surface area contributed by atoms with Gasteiger partial charge in [-0.3, -0.25) is 4.79 Å². The van der Waals surface area contributed by atoms with E-state index in [4.69, 9.17) is 33.2 Å². The molecule has 0 aliphatic carbocycles. The molecule has 0 aliphatic rings. The van der Waals surface area contributed by atoms with Crippen molar-refractivity contribution in [2.24, 2.45) is 0 Å². The Balaban J connectivity index is 1.31. The van der Waals surface area contributed by atoms with Crippen LogP contribution in [0.1, 0.15) is 16.8 Å². The Bertz CT molecular complexity index is 1080. The number of hydrogen-bond donors (Lipinski definition) is 0. The average molecular weight is 625 g/mol. The molecule has 0 aromatic heterocycles. The van der Waals surface area contributed by atoms with E-state index < -0.39 is 53.2 Å². The number of carbonyl (C=O) groups is 2. The Hall–Kier alpha value is -3.21. The van der Waals surface area contributed by atoms with Gasteiger partial charge >= 0.3 is 11.9 Å². The lowest BCUT2D eigenvalue weighted by molar-refractivity contribution is -0.136. The summed E-state index contributed by atoms with van der Waals surface area (Å²) in [6, 6.07) is 8.68. The summed E-state index contributed by atoms with van der Waals surface area (Å²) in [7, 11) is 0. The van der Waals surface area contributed by atoms with E-state index in [9.17, 15) is 31.5 Å². The number of carbonyl (C=O) groups excluding carboxylic acids is 2. The number of hydrogen-bond acceptors (Lipinski definition) is 10. The summed E-state index contributed by atoms with van der Waals surface area (Å²) in [6.07, 6.45) is -0.490. The fourth-order valence-electron chi connectivity index (χ4n) is 3.05. The van der Waals surface area contributed by atoms with Crippen molar-refractivity contribution in [1.82, 2.24) is 0 Å². The standard InChI is InChI=1S/C28H33F5O10/c29-22-23(30)25(32)27(26(33)24(22)31)43-21(34)6-7-36-8-9-37-10-11-38-12-13-39-14-15-40-16-17-41-18-19-42-28(35)20-4-2-1-3-5-20/h1-5H,6-19H2. The van der Waals surface area contributed by atoms with Gasteiger partial charge in [-0.1, -0.05) is 18.2 Å². The van der Waals surface area contributed by atoms with Gasteiger partial charge in [0.05, 0.1) is 91.3 Å². The molecule has 0 N–H and O–H groups in total. The van der Waals surface area contributed by atoms with Crippen LogP contribution in [0.5, 0.6) is 5.75 Å². The summed E-state index contributed by atoms with van der Waals surface area (Å²) < 4.78 is 107. The van der Waals surface area contributed by atoms with Crippen molar-refractivity contribution in [1.29, 1.82) is 0 Å². The molecule has 0 heterocycles. The zero-order valence-electron chi connectivity index (χ0n) is 23.3. The molecule has 0 atom stereocenters. The van der Waals surface area contributed by atoms with Crippen LogP contribution in [-0.2, 0) is 38.0 Å². The summed E-state index contributed by atoms with van der Waals surface area (Å²) in [5, 5.41) is 0. The molecule has 0 saturated carbocycles. The SMILES string of the molecule is O=C(CCOCCOCCOCCOCCOCCOCCOC(=O)c1ccccc1)Oc1c(F)c(F)c(F)c(F)c1F. The normalized spacial score (nSPS) is 11.1. The van der Waals surface area contributed by atoms with Gasteiger partial charge in [0, 0.05) is 0 Å². The van der Waals surface area contributed by atoms with Crippen LogP contribution >= 0.6 is 0 Å². The molecule has 0 bridgehead atoms. The second kappa shape index (κ2) is 21.5. The maximum atomic E-state index is 13.5. The number of esters is 2. The van der Waals surface area contributed by atoms with Crippen molar-refractivity contribution < 1.29 is 69.4 Å². The molecule has 0 aliphatic heterocycles. The monoisotopic (exact) mass is 624 g/mol. The van der Waals surface area contributed by atoms with Gasteiger partial charge in [-0.25, -0.2) is 18.0 Å². The topological polar surface area (TPSA) is 108 Å². The third-order valence-electron chi connectivity index (χ3n) is 5.17. The number of halogens is 5. The Morgan fingerprint density at radius 2 is 0.860 bits per heavy atom. The van der Waals surface area contributed by atoms with Crippen molar-refractivity contribution in [3.63, 3.8) is 0 Å². The first-order valence-corrected chi connectivity index (χ1v) is 13.2. The molecular weight excluding hydrogens is 591 g/mol. The quantitative estimate of drug-likeness (QED) is 0.0454. The lowest BCUT2D eigenvalue weighted by Crippen LogP contribution is -2.16. The van der Waals surface area contributed by atoms with Gasteiger partial charge in [-0.15, -0.1) is 0 Å². The fourth-order valence-corrected chi connectivity index (χ4v) is 3.05. The molecule has 43 heavy (non-hydrogen) atoms. The molecule has 10 nitrogen and oxygen atoms in total. The molecule has 15 heteroatoms. The van der Waals surface area contributed by atoms with Gasteiger partial charge in [0.2, 0.25) is 34.8 Å². The van der Waals surface area contributed by atoms with Crippen LogP contribution in [0.3, 0.4) is 0 Å². The molecule has 0 unspecified atom stereocenters. The molecule has 0 fully saturated rings. The first-order chi connectivity index (χ1) is 20.8. The maximum Gasteiger partial charge on any atom is 0.338 e. The Morgan fingerprint density at radius 3 is 1.30 bits per heavy atom. The van der Waals surface area contributed by atoms with Crippen LogP contribution in [-0.4, -0.2) is 97.8 Å².